The maximum Gasteiger partial charge on any atom is 0.194 e. The molecular formula is C13H21N3S. The minimum absolute atomic E-state index is 0.0799. The Morgan fingerprint density at radius 2 is 1.94 bits per heavy atom. The molecule has 2 rings (SSSR count). The molecule has 2 aromatic heterocycles. The molecule has 0 saturated carbocycles. The molecule has 17 heavy (non-hydrogen) atoms. The molecule has 3 nitrogen and oxygen atoms in total. The van der Waals surface area contributed by atoms with Gasteiger partial charge >= 0.3 is 0 Å². The Kier molecular flexibility index (Phi) is 3.04. The number of nitrogens with two attached hydrogens (primary N) is 1. The maximum atomic E-state index is 5.74. The number of imidazole rings is 1. The lowest BCUT2D eigenvalue weighted by Crippen LogP contribution is -2.17. The van der Waals surface area contributed by atoms with E-state index in [1.54, 1.807) is 11.3 Å². The lowest BCUT2D eigenvalue weighted by Gasteiger charge is -2.18. The zero-order chi connectivity index (χ0) is 12.8. The van der Waals surface area contributed by atoms with Crippen LogP contribution in [-0.2, 0) is 11.8 Å². The van der Waals surface area contributed by atoms with E-state index in [0.717, 1.165) is 11.4 Å². The summed E-state index contributed by atoms with van der Waals surface area (Å²) in [4.78, 5) is 7.25. The summed E-state index contributed by atoms with van der Waals surface area (Å²) in [6, 6.07) is 0. The highest BCUT2D eigenvalue weighted by Gasteiger charge is 2.25. The third-order valence-corrected chi connectivity index (χ3v) is 4.18. The van der Waals surface area contributed by atoms with Crippen LogP contribution in [0.2, 0.25) is 0 Å². The fraction of sp³-hybridized carbons (Fsp3) is 0.615. The number of hydrogen-bond acceptors (Lipinski definition) is 3. The number of nitrogens with zero attached hydrogens (tertiary/aromatic N) is 2. The first-order valence-corrected chi connectivity index (χ1v) is 6.85. The monoisotopic (exact) mass is 251 g/mol. The number of aryl methyl sites for hydroxylation is 2. The van der Waals surface area contributed by atoms with E-state index in [1.807, 2.05) is 0 Å². The molecule has 2 N–H and O–H groups in total. The molecule has 0 fully saturated rings. The van der Waals surface area contributed by atoms with E-state index in [9.17, 15) is 0 Å². The van der Waals surface area contributed by atoms with Crippen molar-refractivity contribution >= 4 is 16.3 Å². The van der Waals surface area contributed by atoms with Crippen molar-refractivity contribution in [3.63, 3.8) is 0 Å². The Morgan fingerprint density at radius 3 is 2.47 bits per heavy atom. The van der Waals surface area contributed by atoms with Gasteiger partial charge in [0.1, 0.15) is 0 Å². The summed E-state index contributed by atoms with van der Waals surface area (Å²) in [7, 11) is 0. The lowest BCUT2D eigenvalue weighted by molar-refractivity contribution is 0.563. The number of hydrogen-bond donors (Lipinski definition) is 1. The second kappa shape index (κ2) is 4.10. The van der Waals surface area contributed by atoms with Gasteiger partial charge in [0, 0.05) is 28.1 Å². The first-order chi connectivity index (χ1) is 7.86. The van der Waals surface area contributed by atoms with Crippen molar-refractivity contribution in [3.05, 3.63) is 22.0 Å². The summed E-state index contributed by atoms with van der Waals surface area (Å²) in [5.74, 6) is 0. The van der Waals surface area contributed by atoms with E-state index < -0.39 is 0 Å². The van der Waals surface area contributed by atoms with Crippen molar-refractivity contribution in [2.45, 2.75) is 46.5 Å². The molecule has 2 aromatic rings. The molecule has 0 unspecified atom stereocenters. The first kappa shape index (κ1) is 12.6. The van der Waals surface area contributed by atoms with Gasteiger partial charge in [0.15, 0.2) is 4.96 Å². The van der Waals surface area contributed by atoms with Crippen molar-refractivity contribution in [2.24, 2.45) is 5.73 Å². The third-order valence-electron chi connectivity index (χ3n) is 3.12. The Balaban J connectivity index is 2.74. The summed E-state index contributed by atoms with van der Waals surface area (Å²) in [5, 5.41) is 0. The van der Waals surface area contributed by atoms with Gasteiger partial charge in [0.05, 0.1) is 5.69 Å². The van der Waals surface area contributed by atoms with Gasteiger partial charge in [-0.3, -0.25) is 4.40 Å². The Bertz CT molecular complexity index is 543. The highest BCUT2D eigenvalue weighted by Crippen LogP contribution is 2.31. The molecule has 0 atom stereocenters. The topological polar surface area (TPSA) is 43.3 Å². The smallest absolute Gasteiger partial charge is 0.194 e. The summed E-state index contributed by atoms with van der Waals surface area (Å²) < 4.78 is 2.29. The zero-order valence-corrected chi connectivity index (χ0v) is 12.1. The van der Waals surface area contributed by atoms with Crippen molar-refractivity contribution in [1.82, 2.24) is 9.38 Å². The van der Waals surface area contributed by atoms with Gasteiger partial charge in [-0.25, -0.2) is 4.98 Å². The van der Waals surface area contributed by atoms with Crippen LogP contribution < -0.4 is 5.73 Å². The number of thiazole rings is 1. The first-order valence-electron chi connectivity index (χ1n) is 6.04. The fourth-order valence-electron chi connectivity index (χ4n) is 2.18. The van der Waals surface area contributed by atoms with Gasteiger partial charge in [-0.1, -0.05) is 20.8 Å². The van der Waals surface area contributed by atoms with Gasteiger partial charge in [-0.15, -0.1) is 11.3 Å². The van der Waals surface area contributed by atoms with Crippen LogP contribution >= 0.6 is 11.3 Å². The van der Waals surface area contributed by atoms with Crippen LogP contribution in [0.5, 0.6) is 0 Å². The van der Waals surface area contributed by atoms with Crippen molar-refractivity contribution in [1.29, 1.82) is 0 Å². The van der Waals surface area contributed by atoms with Crippen LogP contribution in [0.3, 0.4) is 0 Å². The fourth-order valence-corrected chi connectivity index (χ4v) is 3.17. The third kappa shape index (κ3) is 2.00. The molecule has 2 heterocycles. The van der Waals surface area contributed by atoms with E-state index in [4.69, 9.17) is 10.7 Å². The van der Waals surface area contributed by atoms with Crippen LogP contribution in [0.25, 0.3) is 4.96 Å². The Hall–Kier alpha value is -0.870. The van der Waals surface area contributed by atoms with Gasteiger partial charge in [0.25, 0.3) is 0 Å². The molecule has 94 valence electrons. The zero-order valence-electron chi connectivity index (χ0n) is 11.3. The van der Waals surface area contributed by atoms with Crippen molar-refractivity contribution in [3.8, 4) is 0 Å². The normalized spacial score (nSPS) is 12.6. The standard InChI is InChI=1S/C13H21N3S/c1-8-9(2)17-12-15-11(13(3,4)5)10(6-7-14)16(8)12/h6-7,14H2,1-5H3. The lowest BCUT2D eigenvalue weighted by atomic mass is 9.90. The molecule has 4 heteroatoms. The molecule has 0 aliphatic carbocycles. The van der Waals surface area contributed by atoms with E-state index in [-0.39, 0.29) is 5.41 Å². The second-order valence-corrected chi connectivity index (χ2v) is 6.74. The van der Waals surface area contributed by atoms with Crippen LogP contribution in [0.4, 0.5) is 0 Å². The highest BCUT2D eigenvalue weighted by atomic mass is 32.1. The Labute approximate surface area is 107 Å². The van der Waals surface area contributed by atoms with Crippen molar-refractivity contribution in [2.75, 3.05) is 6.54 Å². The quantitative estimate of drug-likeness (QED) is 0.892. The number of rotatable bonds is 2. The summed E-state index contributed by atoms with van der Waals surface area (Å²) in [5.41, 5.74) is 9.61. The number of aromatic nitrogens is 2. The van der Waals surface area contributed by atoms with Crippen LogP contribution in [0.15, 0.2) is 0 Å². The van der Waals surface area contributed by atoms with Gasteiger partial charge < -0.3 is 5.73 Å². The molecule has 0 aliphatic heterocycles. The predicted octanol–water partition coefficient (Wildman–Crippen LogP) is 2.81. The molecule has 0 radical (unpaired) electrons. The van der Waals surface area contributed by atoms with E-state index in [1.165, 1.54) is 22.0 Å². The van der Waals surface area contributed by atoms with Crippen molar-refractivity contribution < 1.29 is 0 Å². The molecule has 0 saturated heterocycles. The molecule has 0 aromatic carbocycles. The van der Waals surface area contributed by atoms with Crippen LogP contribution in [0.1, 0.15) is 42.7 Å². The van der Waals surface area contributed by atoms with Crippen LogP contribution in [0, 0.1) is 13.8 Å². The van der Waals surface area contributed by atoms with E-state index >= 15 is 0 Å². The minimum atomic E-state index is 0.0799. The highest BCUT2D eigenvalue weighted by molar-refractivity contribution is 7.17. The van der Waals surface area contributed by atoms with E-state index in [2.05, 4.69) is 39.0 Å². The van der Waals surface area contributed by atoms with Gasteiger partial charge in [-0.05, 0) is 20.4 Å². The maximum absolute atomic E-state index is 5.74. The molecule has 0 spiro atoms. The summed E-state index contributed by atoms with van der Waals surface area (Å²) in [6.45, 7) is 11.6. The van der Waals surface area contributed by atoms with Gasteiger partial charge in [0.2, 0.25) is 0 Å². The minimum Gasteiger partial charge on any atom is -0.330 e. The average molecular weight is 251 g/mol. The second-order valence-electron chi connectivity index (χ2n) is 5.56. The molecular weight excluding hydrogens is 230 g/mol. The molecule has 0 aliphatic rings. The predicted molar refractivity (Wildman–Crippen MR) is 74.0 cm³/mol. The number of fused-ring (bicyclic) bond motifs is 1. The van der Waals surface area contributed by atoms with E-state index in [0.29, 0.717) is 6.54 Å². The summed E-state index contributed by atoms with van der Waals surface area (Å²) >= 11 is 1.77. The largest absolute Gasteiger partial charge is 0.330 e. The summed E-state index contributed by atoms with van der Waals surface area (Å²) in [6.07, 6.45) is 0.894. The Morgan fingerprint density at radius 1 is 1.29 bits per heavy atom. The average Bonchev–Trinajstić information content (AvgIpc) is 2.67. The molecule has 0 amide bonds. The van der Waals surface area contributed by atoms with Gasteiger partial charge in [-0.2, -0.15) is 0 Å². The van der Waals surface area contributed by atoms with Crippen LogP contribution in [-0.4, -0.2) is 15.9 Å². The SMILES string of the molecule is Cc1sc2nc(C(C)(C)C)c(CCN)n2c1C. The molecule has 0 bridgehead atoms.